The van der Waals surface area contributed by atoms with Crippen molar-refractivity contribution < 1.29 is 18.6 Å². The summed E-state index contributed by atoms with van der Waals surface area (Å²) in [6, 6.07) is 6.81. The minimum atomic E-state index is -2.85. The lowest BCUT2D eigenvalue weighted by Crippen LogP contribution is -2.39. The van der Waals surface area contributed by atoms with Gasteiger partial charge in [0.25, 0.3) is 0 Å². The molecule has 1 aromatic heterocycles. The maximum Gasteiger partial charge on any atom is 0.387 e. The first-order valence-corrected chi connectivity index (χ1v) is 8.23. The third-order valence-corrected chi connectivity index (χ3v) is 4.59. The van der Waals surface area contributed by atoms with Crippen molar-refractivity contribution in [1.29, 1.82) is 0 Å². The average molecular weight is 336 g/mol. The molecule has 0 spiro atoms. The van der Waals surface area contributed by atoms with E-state index in [0.717, 1.165) is 48.2 Å². The monoisotopic (exact) mass is 336 g/mol. The van der Waals surface area contributed by atoms with E-state index in [2.05, 4.69) is 14.6 Å². The number of nitrogens with zero attached hydrogens (tertiary/aromatic N) is 2. The number of aryl methyl sites for hydroxylation is 1. The van der Waals surface area contributed by atoms with Gasteiger partial charge in [-0.1, -0.05) is 0 Å². The Morgan fingerprint density at radius 2 is 2.12 bits per heavy atom. The molecular formula is C18H22F2N2O2. The van der Waals surface area contributed by atoms with Gasteiger partial charge in [-0.05, 0) is 51.0 Å². The number of rotatable bonds is 4. The molecule has 0 bridgehead atoms. The Hall–Kier alpha value is -1.95. The van der Waals surface area contributed by atoms with Gasteiger partial charge >= 0.3 is 6.61 Å². The van der Waals surface area contributed by atoms with Crippen LogP contribution in [0.15, 0.2) is 24.3 Å². The zero-order valence-corrected chi connectivity index (χ0v) is 13.9. The Bertz CT molecular complexity index is 721. The lowest BCUT2D eigenvalue weighted by Gasteiger charge is -2.36. The molecule has 4 nitrogen and oxygen atoms in total. The quantitative estimate of drug-likeness (QED) is 0.924. The molecule has 1 aliphatic heterocycles. The Morgan fingerprint density at radius 3 is 2.83 bits per heavy atom. The molecule has 1 aromatic carbocycles. The Kier molecular flexibility index (Phi) is 4.85. The molecule has 1 aliphatic rings. The third-order valence-electron chi connectivity index (χ3n) is 4.59. The van der Waals surface area contributed by atoms with E-state index in [1.807, 2.05) is 19.9 Å². The highest BCUT2D eigenvalue weighted by Crippen LogP contribution is 2.33. The fourth-order valence-electron chi connectivity index (χ4n) is 3.38. The first-order valence-electron chi connectivity index (χ1n) is 8.23. The summed E-state index contributed by atoms with van der Waals surface area (Å²) in [6.07, 6.45) is 1.63. The van der Waals surface area contributed by atoms with Gasteiger partial charge in [-0.25, -0.2) is 0 Å². The van der Waals surface area contributed by atoms with Crippen molar-refractivity contribution in [2.24, 2.45) is 5.92 Å². The minimum absolute atomic E-state index is 0.133. The van der Waals surface area contributed by atoms with Crippen molar-refractivity contribution in [3.63, 3.8) is 0 Å². The number of fused-ring (bicyclic) bond motifs is 1. The molecule has 0 amide bonds. The molecule has 130 valence electrons. The van der Waals surface area contributed by atoms with Crippen LogP contribution >= 0.6 is 0 Å². The van der Waals surface area contributed by atoms with Crippen LogP contribution in [0, 0.1) is 12.8 Å². The first-order chi connectivity index (χ1) is 11.4. The molecule has 6 heteroatoms. The van der Waals surface area contributed by atoms with Crippen molar-refractivity contribution >= 4 is 16.6 Å². The summed E-state index contributed by atoms with van der Waals surface area (Å²) in [7, 11) is 0. The Morgan fingerprint density at radius 1 is 1.33 bits per heavy atom. The molecule has 1 N–H and O–H groups in total. The van der Waals surface area contributed by atoms with Gasteiger partial charge in [-0.3, -0.25) is 4.98 Å². The van der Waals surface area contributed by atoms with Crippen LogP contribution in [0.4, 0.5) is 14.5 Å². The summed E-state index contributed by atoms with van der Waals surface area (Å²) >= 11 is 0. The topological polar surface area (TPSA) is 45.6 Å². The predicted molar refractivity (Wildman–Crippen MR) is 89.7 cm³/mol. The van der Waals surface area contributed by atoms with E-state index in [0.29, 0.717) is 0 Å². The summed E-state index contributed by atoms with van der Waals surface area (Å²) in [4.78, 5) is 6.70. The van der Waals surface area contributed by atoms with E-state index >= 15 is 0 Å². The van der Waals surface area contributed by atoms with Crippen molar-refractivity contribution in [1.82, 2.24) is 4.98 Å². The number of benzene rings is 1. The maximum absolute atomic E-state index is 12.5. The molecule has 1 saturated heterocycles. The number of halogens is 2. The highest BCUT2D eigenvalue weighted by atomic mass is 19.3. The third kappa shape index (κ3) is 3.59. The second kappa shape index (κ2) is 6.89. The summed E-state index contributed by atoms with van der Waals surface area (Å²) in [5, 5.41) is 10.7. The van der Waals surface area contributed by atoms with Gasteiger partial charge in [-0.2, -0.15) is 8.78 Å². The minimum Gasteiger partial charge on any atom is -0.435 e. The molecule has 3 rings (SSSR count). The number of hydrogen-bond donors (Lipinski definition) is 1. The second-order valence-electron chi connectivity index (χ2n) is 6.43. The lowest BCUT2D eigenvalue weighted by molar-refractivity contribution is -0.0497. The number of aliphatic hydroxyl groups is 1. The molecule has 0 saturated carbocycles. The Labute approximate surface area is 140 Å². The molecule has 0 radical (unpaired) electrons. The second-order valence-corrected chi connectivity index (χ2v) is 6.43. The van der Waals surface area contributed by atoms with Crippen molar-refractivity contribution in [2.45, 2.75) is 39.4 Å². The maximum atomic E-state index is 12.5. The fraction of sp³-hybridized carbons (Fsp3) is 0.500. The highest BCUT2D eigenvalue weighted by Gasteiger charge is 2.25. The molecular weight excluding hydrogens is 314 g/mol. The van der Waals surface area contributed by atoms with Crippen molar-refractivity contribution in [2.75, 3.05) is 18.0 Å². The van der Waals surface area contributed by atoms with Gasteiger partial charge in [-0.15, -0.1) is 0 Å². The highest BCUT2D eigenvalue weighted by molar-refractivity contribution is 5.93. The molecule has 24 heavy (non-hydrogen) atoms. The number of aromatic nitrogens is 1. The van der Waals surface area contributed by atoms with Gasteiger partial charge in [0.05, 0.1) is 11.6 Å². The summed E-state index contributed by atoms with van der Waals surface area (Å²) in [5.41, 5.74) is 2.59. The van der Waals surface area contributed by atoms with E-state index in [1.54, 1.807) is 12.1 Å². The molecule has 2 unspecified atom stereocenters. The van der Waals surface area contributed by atoms with Crippen LogP contribution in [0.3, 0.4) is 0 Å². The number of alkyl halides is 2. The number of pyridine rings is 1. The van der Waals surface area contributed by atoms with Crippen LogP contribution in [-0.4, -0.2) is 35.9 Å². The predicted octanol–water partition coefficient (Wildman–Crippen LogP) is 3.74. The normalized spacial score (nSPS) is 19.8. The van der Waals surface area contributed by atoms with Crippen LogP contribution in [0.5, 0.6) is 5.75 Å². The summed E-state index contributed by atoms with van der Waals surface area (Å²) in [6.45, 7) is 2.51. The number of aliphatic hydroxyl groups excluding tert-OH is 1. The SMILES string of the molecule is Cc1cc(N2CCCC(C(C)O)C2)c2cc(OC(F)F)ccc2n1. The van der Waals surface area contributed by atoms with Crippen LogP contribution in [0.2, 0.25) is 0 Å². The summed E-state index contributed by atoms with van der Waals surface area (Å²) in [5.74, 6) is 0.344. The van der Waals surface area contributed by atoms with Gasteiger partial charge < -0.3 is 14.7 Å². The van der Waals surface area contributed by atoms with Crippen molar-refractivity contribution in [3.8, 4) is 5.75 Å². The van der Waals surface area contributed by atoms with Crippen LogP contribution in [-0.2, 0) is 0 Å². The zero-order chi connectivity index (χ0) is 17.3. The number of piperidine rings is 1. The molecule has 2 heterocycles. The lowest BCUT2D eigenvalue weighted by atomic mass is 9.92. The smallest absolute Gasteiger partial charge is 0.387 e. The van der Waals surface area contributed by atoms with Crippen molar-refractivity contribution in [3.05, 3.63) is 30.0 Å². The van der Waals surface area contributed by atoms with E-state index in [4.69, 9.17) is 0 Å². The average Bonchev–Trinajstić information content (AvgIpc) is 2.54. The van der Waals surface area contributed by atoms with E-state index in [9.17, 15) is 13.9 Å². The largest absolute Gasteiger partial charge is 0.435 e. The van der Waals surface area contributed by atoms with E-state index < -0.39 is 6.61 Å². The van der Waals surface area contributed by atoms with Gasteiger partial charge in [0.1, 0.15) is 5.75 Å². The summed E-state index contributed by atoms with van der Waals surface area (Å²) < 4.78 is 29.5. The number of anilines is 1. The number of hydrogen-bond acceptors (Lipinski definition) is 4. The van der Waals surface area contributed by atoms with E-state index in [-0.39, 0.29) is 17.8 Å². The van der Waals surface area contributed by atoms with Crippen LogP contribution in [0.25, 0.3) is 10.9 Å². The van der Waals surface area contributed by atoms with E-state index in [1.165, 1.54) is 6.07 Å². The van der Waals surface area contributed by atoms with Gasteiger partial charge in [0.15, 0.2) is 0 Å². The molecule has 2 aromatic rings. The molecule has 2 atom stereocenters. The Balaban J connectivity index is 2.01. The molecule has 1 fully saturated rings. The van der Waals surface area contributed by atoms with Crippen LogP contribution < -0.4 is 9.64 Å². The number of ether oxygens (including phenoxy) is 1. The first kappa shape index (κ1) is 16.9. The standard InChI is InChI=1S/C18H22F2N2O2/c1-11-8-17(22-7-3-4-13(10-22)12(2)23)15-9-14(24-18(19)20)5-6-16(15)21-11/h5-6,8-9,12-13,18,23H,3-4,7,10H2,1-2H3. The van der Waals surface area contributed by atoms with Crippen LogP contribution in [0.1, 0.15) is 25.5 Å². The van der Waals surface area contributed by atoms with Gasteiger partial charge in [0, 0.05) is 35.8 Å². The fourth-order valence-corrected chi connectivity index (χ4v) is 3.38. The zero-order valence-electron chi connectivity index (χ0n) is 13.9. The van der Waals surface area contributed by atoms with Gasteiger partial charge in [0.2, 0.25) is 0 Å². The molecule has 0 aliphatic carbocycles.